The SMILES string of the molecule is COc1c(C(N)=O)cc(C(C)(C)C)c(-c2c(C(=O)O)n(C)c3c(CN4CCN(C(=O)CN5CCC(N(C)C)CC5)CC4)cccc23)c1NS(C)(=O)=O. The van der Waals surface area contributed by atoms with Gasteiger partial charge in [-0.3, -0.25) is 24.1 Å². The second kappa shape index (κ2) is 15.0. The highest BCUT2D eigenvalue weighted by Crippen LogP contribution is 2.49. The van der Waals surface area contributed by atoms with Crippen LogP contribution in [0.4, 0.5) is 5.69 Å². The van der Waals surface area contributed by atoms with Gasteiger partial charge < -0.3 is 29.9 Å². The summed E-state index contributed by atoms with van der Waals surface area (Å²) in [6.07, 6.45) is 3.09. The highest BCUT2D eigenvalue weighted by Gasteiger charge is 2.35. The van der Waals surface area contributed by atoms with Gasteiger partial charge in [0, 0.05) is 75.4 Å². The Hall–Kier alpha value is -4.18. The number of sulfonamides is 1. The van der Waals surface area contributed by atoms with Crippen molar-refractivity contribution in [2.24, 2.45) is 12.8 Å². The van der Waals surface area contributed by atoms with Gasteiger partial charge in [-0.2, -0.15) is 0 Å². The molecule has 0 spiro atoms. The number of carboxylic acids is 1. The zero-order valence-electron chi connectivity index (χ0n) is 31.6. The number of carbonyl (C=O) groups excluding carboxylic acids is 2. The van der Waals surface area contributed by atoms with Crippen molar-refractivity contribution in [3.8, 4) is 16.9 Å². The summed E-state index contributed by atoms with van der Waals surface area (Å²) in [6.45, 7) is 11.0. The topological polar surface area (TPSA) is 171 Å². The number of fused-ring (bicyclic) bond motifs is 1. The molecule has 52 heavy (non-hydrogen) atoms. The third kappa shape index (κ3) is 8.07. The quantitative estimate of drug-likeness (QED) is 0.266. The number of nitrogens with two attached hydrogens (primary N) is 1. The lowest BCUT2D eigenvalue weighted by Gasteiger charge is -2.38. The Kier molecular flexibility index (Phi) is 11.3. The third-order valence-corrected chi connectivity index (χ3v) is 10.9. The number of likely N-dealkylation sites (tertiary alicyclic amines) is 1. The molecule has 3 heterocycles. The molecule has 284 valence electrons. The number of carbonyl (C=O) groups is 3. The van der Waals surface area contributed by atoms with E-state index < -0.39 is 27.3 Å². The van der Waals surface area contributed by atoms with E-state index in [4.69, 9.17) is 10.5 Å². The van der Waals surface area contributed by atoms with Gasteiger partial charge in [0.15, 0.2) is 5.75 Å². The van der Waals surface area contributed by atoms with Crippen molar-refractivity contribution < 1.29 is 32.6 Å². The molecule has 2 aliphatic rings. The number of aromatic carboxylic acids is 1. The maximum absolute atomic E-state index is 13.2. The van der Waals surface area contributed by atoms with Crippen LogP contribution in [-0.2, 0) is 33.8 Å². The lowest BCUT2D eigenvalue weighted by molar-refractivity contribution is -0.134. The molecular formula is C37H53N7O7S. The number of primary amides is 1. The van der Waals surface area contributed by atoms with E-state index in [0.717, 1.165) is 37.8 Å². The smallest absolute Gasteiger partial charge is 0.353 e. The molecule has 3 aromatic rings. The molecule has 4 N–H and O–H groups in total. The van der Waals surface area contributed by atoms with Crippen LogP contribution in [0.25, 0.3) is 22.0 Å². The fourth-order valence-corrected chi connectivity index (χ4v) is 8.27. The molecule has 15 heteroatoms. The van der Waals surface area contributed by atoms with Crippen LogP contribution >= 0.6 is 0 Å². The van der Waals surface area contributed by atoms with Crippen LogP contribution in [0.3, 0.4) is 0 Å². The zero-order valence-corrected chi connectivity index (χ0v) is 32.4. The van der Waals surface area contributed by atoms with E-state index in [0.29, 0.717) is 67.3 Å². The van der Waals surface area contributed by atoms with Crippen molar-refractivity contribution >= 4 is 44.4 Å². The van der Waals surface area contributed by atoms with Gasteiger partial charge in [0.25, 0.3) is 5.91 Å². The maximum atomic E-state index is 13.2. The molecule has 0 saturated carbocycles. The van der Waals surface area contributed by atoms with Gasteiger partial charge in [0.1, 0.15) is 5.69 Å². The fourth-order valence-electron chi connectivity index (χ4n) is 7.70. The van der Waals surface area contributed by atoms with Gasteiger partial charge in [0.05, 0.1) is 36.7 Å². The van der Waals surface area contributed by atoms with E-state index in [2.05, 4.69) is 33.5 Å². The Morgan fingerprint density at radius 2 is 1.65 bits per heavy atom. The van der Waals surface area contributed by atoms with Crippen LogP contribution in [0.15, 0.2) is 24.3 Å². The highest BCUT2D eigenvalue weighted by atomic mass is 32.2. The Morgan fingerprint density at radius 1 is 1.02 bits per heavy atom. The number of piperazine rings is 1. The largest absolute Gasteiger partial charge is 0.494 e. The van der Waals surface area contributed by atoms with E-state index in [1.807, 2.05) is 43.9 Å². The first-order valence-corrected chi connectivity index (χ1v) is 19.5. The number of aromatic nitrogens is 1. The van der Waals surface area contributed by atoms with Gasteiger partial charge in [-0.05, 0) is 49.5 Å². The van der Waals surface area contributed by atoms with E-state index in [9.17, 15) is 27.9 Å². The molecule has 2 aromatic carbocycles. The zero-order chi connectivity index (χ0) is 38.3. The number of amides is 2. The third-order valence-electron chi connectivity index (χ3n) is 10.4. The highest BCUT2D eigenvalue weighted by molar-refractivity contribution is 7.92. The van der Waals surface area contributed by atoms with Crippen LogP contribution in [-0.4, -0.2) is 135 Å². The summed E-state index contributed by atoms with van der Waals surface area (Å²) in [5.41, 5.74) is 7.57. The molecule has 0 aliphatic carbocycles. The first-order valence-electron chi connectivity index (χ1n) is 17.6. The molecular weight excluding hydrogens is 687 g/mol. The van der Waals surface area contributed by atoms with E-state index in [1.165, 1.54) is 7.11 Å². The Balaban J connectivity index is 1.52. The predicted molar refractivity (Wildman–Crippen MR) is 203 cm³/mol. The standard InChI is InChI=1S/C37H53N7O7S/c1-37(2,3)27-20-26(35(38)46)34(51-7)31(39-52(8,49)50)30(27)29-25-11-9-10-23(32(25)41(6)33(29)36(47)48)21-43-16-18-44(19-17-43)28(45)22-42-14-12-24(13-15-42)40(4)5/h9-11,20,24,39H,12-19,21-22H2,1-8H3,(H2,38,46)(H,47,48). The van der Waals surface area contributed by atoms with Crippen molar-refractivity contribution in [3.05, 3.63) is 46.6 Å². The number of ether oxygens (including phenoxy) is 1. The second-order valence-corrected chi connectivity index (χ2v) is 17.0. The molecule has 0 bridgehead atoms. The van der Waals surface area contributed by atoms with Crippen molar-refractivity contribution in [2.45, 2.75) is 51.6 Å². The number of hydrogen-bond acceptors (Lipinski definition) is 9. The van der Waals surface area contributed by atoms with Crippen LogP contribution in [0.5, 0.6) is 5.75 Å². The minimum atomic E-state index is -3.95. The van der Waals surface area contributed by atoms with Crippen molar-refractivity contribution in [3.63, 3.8) is 0 Å². The number of benzene rings is 2. The number of nitrogens with one attached hydrogen (secondary N) is 1. The number of rotatable bonds is 11. The molecule has 0 radical (unpaired) electrons. The normalized spacial score (nSPS) is 16.8. The second-order valence-electron chi connectivity index (χ2n) is 15.3. The Bertz CT molecular complexity index is 1970. The fraction of sp³-hybridized carbons (Fsp3) is 0.541. The van der Waals surface area contributed by atoms with Gasteiger partial charge in [0.2, 0.25) is 15.9 Å². The number of anilines is 1. The Labute approximate surface area is 306 Å². The summed E-state index contributed by atoms with van der Waals surface area (Å²) in [5.74, 6) is -1.98. The Morgan fingerprint density at radius 3 is 2.17 bits per heavy atom. The maximum Gasteiger partial charge on any atom is 0.353 e. The summed E-state index contributed by atoms with van der Waals surface area (Å²) in [4.78, 5) is 47.8. The van der Waals surface area contributed by atoms with Gasteiger partial charge in [-0.25, -0.2) is 13.2 Å². The molecule has 2 saturated heterocycles. The average molecular weight is 740 g/mol. The molecule has 2 fully saturated rings. The lowest BCUT2D eigenvalue weighted by Crippen LogP contribution is -2.52. The first kappa shape index (κ1) is 39.0. The number of carboxylic acid groups (broad SMARTS) is 1. The summed E-state index contributed by atoms with van der Waals surface area (Å²) < 4.78 is 35.4. The van der Waals surface area contributed by atoms with E-state index >= 15 is 0 Å². The van der Waals surface area contributed by atoms with Gasteiger partial charge in [-0.15, -0.1) is 0 Å². The summed E-state index contributed by atoms with van der Waals surface area (Å²) in [5, 5.41) is 11.3. The molecule has 1 aromatic heterocycles. The van der Waals surface area contributed by atoms with Crippen molar-refractivity contribution in [2.75, 3.05) is 78.0 Å². The number of para-hydroxylation sites is 1. The van der Waals surface area contributed by atoms with Gasteiger partial charge >= 0.3 is 5.97 Å². The first-order chi connectivity index (χ1) is 24.3. The molecule has 5 rings (SSSR count). The summed E-state index contributed by atoms with van der Waals surface area (Å²) in [6, 6.07) is 7.77. The average Bonchev–Trinajstić information content (AvgIpc) is 3.36. The molecule has 2 amide bonds. The summed E-state index contributed by atoms with van der Waals surface area (Å²) in [7, 11) is 3.25. The minimum Gasteiger partial charge on any atom is -0.494 e. The number of methoxy groups -OCH3 is 1. The molecule has 0 atom stereocenters. The lowest BCUT2D eigenvalue weighted by atomic mass is 9.79. The van der Waals surface area contributed by atoms with Gasteiger partial charge in [-0.1, -0.05) is 39.0 Å². The van der Waals surface area contributed by atoms with Crippen LogP contribution in [0.2, 0.25) is 0 Å². The van der Waals surface area contributed by atoms with Crippen LogP contribution < -0.4 is 15.2 Å². The monoisotopic (exact) mass is 739 g/mol. The van der Waals surface area contributed by atoms with Crippen LogP contribution in [0, 0.1) is 0 Å². The molecule has 0 unspecified atom stereocenters. The van der Waals surface area contributed by atoms with Crippen molar-refractivity contribution in [1.82, 2.24) is 24.2 Å². The number of nitrogens with zero attached hydrogens (tertiary/aromatic N) is 5. The minimum absolute atomic E-state index is 0.0355. The predicted octanol–water partition coefficient (Wildman–Crippen LogP) is 2.99. The van der Waals surface area contributed by atoms with E-state index in [-0.39, 0.29) is 34.2 Å². The van der Waals surface area contributed by atoms with E-state index in [1.54, 1.807) is 17.7 Å². The summed E-state index contributed by atoms with van der Waals surface area (Å²) >= 11 is 0. The number of aryl methyl sites for hydroxylation is 1. The number of hydrogen-bond donors (Lipinski definition) is 3. The van der Waals surface area contributed by atoms with Crippen LogP contribution in [0.1, 0.15) is 65.6 Å². The van der Waals surface area contributed by atoms with Crippen molar-refractivity contribution in [1.29, 1.82) is 0 Å². The molecule has 14 nitrogen and oxygen atoms in total. The number of piperidine rings is 1. The molecule has 2 aliphatic heterocycles.